The molecule has 0 fully saturated rings. The lowest BCUT2D eigenvalue weighted by Crippen LogP contribution is -2.37. The van der Waals surface area contributed by atoms with Crippen LogP contribution in [-0.4, -0.2) is 11.6 Å². The van der Waals surface area contributed by atoms with Crippen molar-refractivity contribution in [1.29, 1.82) is 0 Å². The minimum Gasteiger partial charge on any atom is -0.293 e. The first-order valence-electron chi connectivity index (χ1n) is 6.14. The van der Waals surface area contributed by atoms with E-state index in [9.17, 15) is 9.59 Å². The zero-order chi connectivity index (χ0) is 12.9. The van der Waals surface area contributed by atoms with E-state index < -0.39 is 0 Å². The smallest absolute Gasteiger partial charge is 0.171 e. The Morgan fingerprint density at radius 3 is 2.61 bits per heavy atom. The van der Waals surface area contributed by atoms with E-state index in [1.54, 1.807) is 6.07 Å². The molecular formula is C16H14O2. The standard InChI is InChI=1S/C16H14O2/c1-9-5-3-7-11-13(9)15(17)12-8-4-6-10(2)14(12)16(11)18/h3-8,11,13H,1-2H3. The zero-order valence-electron chi connectivity index (χ0n) is 10.4. The fourth-order valence-corrected chi connectivity index (χ4v) is 2.97. The summed E-state index contributed by atoms with van der Waals surface area (Å²) >= 11 is 0. The highest BCUT2D eigenvalue weighted by molar-refractivity contribution is 6.18. The Balaban J connectivity index is 2.25. The molecule has 2 aliphatic carbocycles. The van der Waals surface area contributed by atoms with Gasteiger partial charge >= 0.3 is 0 Å². The summed E-state index contributed by atoms with van der Waals surface area (Å²) in [5.41, 5.74) is 3.07. The number of benzene rings is 1. The number of allylic oxidation sites excluding steroid dienone is 4. The molecule has 0 aromatic heterocycles. The van der Waals surface area contributed by atoms with Gasteiger partial charge in [0.15, 0.2) is 11.6 Å². The topological polar surface area (TPSA) is 34.1 Å². The molecule has 0 spiro atoms. The molecule has 0 saturated carbocycles. The van der Waals surface area contributed by atoms with Crippen molar-refractivity contribution in [2.45, 2.75) is 13.8 Å². The Morgan fingerprint density at radius 1 is 1.06 bits per heavy atom. The van der Waals surface area contributed by atoms with Crippen LogP contribution in [0.5, 0.6) is 0 Å². The second-order valence-electron chi connectivity index (χ2n) is 5.03. The van der Waals surface area contributed by atoms with Gasteiger partial charge in [0.25, 0.3) is 0 Å². The van der Waals surface area contributed by atoms with Crippen molar-refractivity contribution in [1.82, 2.24) is 0 Å². The number of fused-ring (bicyclic) bond motifs is 2. The van der Waals surface area contributed by atoms with Crippen LogP contribution < -0.4 is 0 Å². The van der Waals surface area contributed by atoms with Crippen LogP contribution in [0.15, 0.2) is 42.0 Å². The van der Waals surface area contributed by atoms with E-state index in [2.05, 4.69) is 0 Å². The lowest BCUT2D eigenvalue weighted by atomic mass is 9.68. The SMILES string of the molecule is CC1=CC=CC2C(=O)c3c(C)cccc3C(=O)C12. The molecule has 2 aliphatic rings. The molecule has 1 aromatic carbocycles. The predicted molar refractivity (Wildman–Crippen MR) is 69.7 cm³/mol. The van der Waals surface area contributed by atoms with Crippen molar-refractivity contribution in [2.24, 2.45) is 11.8 Å². The first-order chi connectivity index (χ1) is 8.61. The molecule has 0 bridgehead atoms. The highest BCUT2D eigenvalue weighted by Crippen LogP contribution is 2.38. The maximum atomic E-state index is 12.5. The first kappa shape index (κ1) is 11.1. The third kappa shape index (κ3) is 1.35. The average Bonchev–Trinajstić information content (AvgIpc) is 2.35. The van der Waals surface area contributed by atoms with Gasteiger partial charge in [0.1, 0.15) is 0 Å². The monoisotopic (exact) mass is 238 g/mol. The molecule has 18 heavy (non-hydrogen) atoms. The molecule has 0 N–H and O–H groups in total. The van der Waals surface area contributed by atoms with Gasteiger partial charge in [-0.25, -0.2) is 0 Å². The van der Waals surface area contributed by atoms with E-state index in [0.717, 1.165) is 11.1 Å². The van der Waals surface area contributed by atoms with Gasteiger partial charge in [-0.05, 0) is 19.4 Å². The number of hydrogen-bond donors (Lipinski definition) is 0. The molecule has 0 aliphatic heterocycles. The summed E-state index contributed by atoms with van der Waals surface area (Å²) < 4.78 is 0. The van der Waals surface area contributed by atoms with Crippen LogP contribution in [0.25, 0.3) is 0 Å². The average molecular weight is 238 g/mol. The van der Waals surface area contributed by atoms with Crippen LogP contribution in [0, 0.1) is 18.8 Å². The van der Waals surface area contributed by atoms with Gasteiger partial charge < -0.3 is 0 Å². The quantitative estimate of drug-likeness (QED) is 0.696. The largest absolute Gasteiger partial charge is 0.293 e. The van der Waals surface area contributed by atoms with Crippen molar-refractivity contribution in [3.63, 3.8) is 0 Å². The molecule has 90 valence electrons. The molecular weight excluding hydrogens is 224 g/mol. The van der Waals surface area contributed by atoms with E-state index in [1.165, 1.54) is 0 Å². The van der Waals surface area contributed by atoms with Gasteiger partial charge in [-0.15, -0.1) is 0 Å². The van der Waals surface area contributed by atoms with Gasteiger partial charge in [-0.2, -0.15) is 0 Å². The molecule has 2 heteroatoms. The highest BCUT2D eigenvalue weighted by Gasteiger charge is 2.42. The maximum absolute atomic E-state index is 12.5. The summed E-state index contributed by atoms with van der Waals surface area (Å²) in [4.78, 5) is 25.1. The van der Waals surface area contributed by atoms with E-state index in [4.69, 9.17) is 0 Å². The minimum absolute atomic E-state index is 0.0800. The van der Waals surface area contributed by atoms with Crippen LogP contribution in [0.4, 0.5) is 0 Å². The second-order valence-corrected chi connectivity index (χ2v) is 5.03. The fourth-order valence-electron chi connectivity index (χ4n) is 2.97. The van der Waals surface area contributed by atoms with Gasteiger partial charge in [-0.1, -0.05) is 42.0 Å². The predicted octanol–water partition coefficient (Wildman–Crippen LogP) is 3.12. The number of Topliss-reactive ketones (excluding diaryl/α,β-unsaturated/α-hetero) is 2. The molecule has 2 nitrogen and oxygen atoms in total. The van der Waals surface area contributed by atoms with Gasteiger partial charge in [-0.3, -0.25) is 9.59 Å². The number of aryl methyl sites for hydroxylation is 1. The normalized spacial score (nSPS) is 25.6. The van der Waals surface area contributed by atoms with Gasteiger partial charge in [0, 0.05) is 11.1 Å². The lowest BCUT2D eigenvalue weighted by Gasteiger charge is -2.32. The number of rotatable bonds is 0. The van der Waals surface area contributed by atoms with E-state index in [0.29, 0.717) is 11.1 Å². The summed E-state index contributed by atoms with van der Waals surface area (Å²) in [5.74, 6) is -0.444. The Hall–Kier alpha value is -1.96. The molecule has 1 aromatic rings. The molecule has 0 radical (unpaired) electrons. The molecule has 2 atom stereocenters. The third-order valence-electron chi connectivity index (χ3n) is 3.90. The molecule has 0 amide bonds. The van der Waals surface area contributed by atoms with Crippen molar-refractivity contribution in [2.75, 3.05) is 0 Å². The third-order valence-corrected chi connectivity index (χ3v) is 3.90. The first-order valence-corrected chi connectivity index (χ1v) is 6.14. The van der Waals surface area contributed by atoms with Crippen LogP contribution in [-0.2, 0) is 0 Å². The Bertz CT molecular complexity index is 620. The van der Waals surface area contributed by atoms with Crippen molar-refractivity contribution in [3.05, 3.63) is 58.7 Å². The van der Waals surface area contributed by atoms with E-state index in [-0.39, 0.29) is 23.4 Å². The van der Waals surface area contributed by atoms with Crippen molar-refractivity contribution < 1.29 is 9.59 Å². The Kier molecular flexibility index (Phi) is 2.34. The van der Waals surface area contributed by atoms with Crippen molar-refractivity contribution in [3.8, 4) is 0 Å². The number of carbonyl (C=O) groups excluding carboxylic acids is 2. The summed E-state index contributed by atoms with van der Waals surface area (Å²) in [6.45, 7) is 3.81. The molecule has 2 unspecified atom stereocenters. The van der Waals surface area contributed by atoms with Crippen LogP contribution in [0.1, 0.15) is 33.2 Å². The summed E-state index contributed by atoms with van der Waals surface area (Å²) in [7, 11) is 0. The fraction of sp³-hybridized carbons (Fsp3) is 0.250. The van der Waals surface area contributed by atoms with Gasteiger partial charge in [0.2, 0.25) is 0 Å². The van der Waals surface area contributed by atoms with Gasteiger partial charge in [0.05, 0.1) is 11.8 Å². The summed E-state index contributed by atoms with van der Waals surface area (Å²) in [6, 6.07) is 5.50. The Morgan fingerprint density at radius 2 is 1.83 bits per heavy atom. The zero-order valence-corrected chi connectivity index (χ0v) is 10.4. The van der Waals surface area contributed by atoms with Crippen molar-refractivity contribution >= 4 is 11.6 Å². The van der Waals surface area contributed by atoms with Crippen LogP contribution >= 0.6 is 0 Å². The van der Waals surface area contributed by atoms with E-state index >= 15 is 0 Å². The minimum atomic E-state index is -0.309. The molecule has 0 heterocycles. The lowest BCUT2D eigenvalue weighted by molar-refractivity contribution is 0.0793. The Labute approximate surface area is 106 Å². The van der Waals surface area contributed by atoms with Crippen LogP contribution in [0.2, 0.25) is 0 Å². The molecule has 3 rings (SSSR count). The summed E-state index contributed by atoms with van der Waals surface area (Å²) in [6.07, 6.45) is 5.66. The maximum Gasteiger partial charge on any atom is 0.171 e. The summed E-state index contributed by atoms with van der Waals surface area (Å²) in [5, 5.41) is 0. The second kappa shape index (κ2) is 3.77. The molecule has 0 saturated heterocycles. The van der Waals surface area contributed by atoms with E-state index in [1.807, 2.05) is 44.2 Å². The highest BCUT2D eigenvalue weighted by atomic mass is 16.1. The number of hydrogen-bond acceptors (Lipinski definition) is 2. The van der Waals surface area contributed by atoms with Crippen LogP contribution in [0.3, 0.4) is 0 Å². The number of carbonyl (C=O) groups is 2. The number of ketones is 2.